The molecule has 0 fully saturated rings. The highest BCUT2D eigenvalue weighted by atomic mass is 19.4. The maximum Gasteiger partial charge on any atom is 0.418 e. The van der Waals surface area contributed by atoms with Crippen LogP contribution in [0.3, 0.4) is 0 Å². The van der Waals surface area contributed by atoms with E-state index in [1.165, 1.54) is 19.2 Å². The molecule has 0 radical (unpaired) electrons. The molecule has 26 heavy (non-hydrogen) atoms. The number of rotatable bonds is 5. The van der Waals surface area contributed by atoms with Crippen LogP contribution in [0.25, 0.3) is 0 Å². The number of benzene rings is 2. The van der Waals surface area contributed by atoms with Gasteiger partial charge in [0, 0.05) is 6.92 Å². The second-order valence-corrected chi connectivity index (χ2v) is 5.37. The second-order valence-electron chi connectivity index (χ2n) is 5.37. The Labute approximate surface area is 148 Å². The van der Waals surface area contributed by atoms with Crippen LogP contribution in [-0.4, -0.2) is 25.5 Å². The topological polar surface area (TPSA) is 58.6 Å². The Morgan fingerprint density at radius 3 is 2.31 bits per heavy atom. The van der Waals surface area contributed by atoms with Crippen LogP contribution in [0.4, 0.5) is 24.5 Å². The minimum Gasteiger partial charge on any atom is -0.495 e. The number of amides is 2. The summed E-state index contributed by atoms with van der Waals surface area (Å²) in [6.07, 6.45) is -4.65. The summed E-state index contributed by atoms with van der Waals surface area (Å²) in [6.45, 7) is 0.532. The summed E-state index contributed by atoms with van der Waals surface area (Å²) in [5, 5.41) is 2.54. The van der Waals surface area contributed by atoms with Crippen LogP contribution in [0.1, 0.15) is 12.5 Å². The number of ether oxygens (including phenoxy) is 1. The summed E-state index contributed by atoms with van der Waals surface area (Å²) in [4.78, 5) is 25.0. The van der Waals surface area contributed by atoms with Gasteiger partial charge in [-0.1, -0.05) is 24.3 Å². The molecule has 0 aliphatic heterocycles. The average molecular weight is 366 g/mol. The molecular weight excluding hydrogens is 349 g/mol. The number of nitrogens with zero attached hydrogens (tertiary/aromatic N) is 1. The molecule has 0 aliphatic carbocycles. The third-order valence-electron chi connectivity index (χ3n) is 3.56. The number of carbonyl (C=O) groups is 2. The smallest absolute Gasteiger partial charge is 0.418 e. The lowest BCUT2D eigenvalue weighted by Crippen LogP contribution is -2.37. The van der Waals surface area contributed by atoms with Gasteiger partial charge in [0.15, 0.2) is 0 Å². The molecule has 0 bridgehead atoms. The predicted molar refractivity (Wildman–Crippen MR) is 91.1 cm³/mol. The fraction of sp³-hybridized carbons (Fsp3) is 0.222. The van der Waals surface area contributed by atoms with E-state index in [2.05, 4.69) is 5.32 Å². The summed E-state index contributed by atoms with van der Waals surface area (Å²) in [6, 6.07) is 11.2. The van der Waals surface area contributed by atoms with Gasteiger partial charge in [0.1, 0.15) is 12.3 Å². The predicted octanol–water partition coefficient (Wildman–Crippen LogP) is 3.71. The highest BCUT2D eigenvalue weighted by molar-refractivity contribution is 6.02. The Morgan fingerprint density at radius 1 is 1.08 bits per heavy atom. The molecule has 0 aromatic heterocycles. The Balaban J connectivity index is 2.27. The SMILES string of the molecule is COc1ccccc1NC(=O)CN(C(C)=O)c1ccccc1C(F)(F)F. The summed E-state index contributed by atoms with van der Waals surface area (Å²) in [7, 11) is 1.42. The van der Waals surface area contributed by atoms with Crippen molar-refractivity contribution in [1.29, 1.82) is 0 Å². The van der Waals surface area contributed by atoms with Crippen molar-refractivity contribution in [2.75, 3.05) is 23.9 Å². The van der Waals surface area contributed by atoms with Gasteiger partial charge in [-0.3, -0.25) is 9.59 Å². The van der Waals surface area contributed by atoms with Gasteiger partial charge in [-0.15, -0.1) is 0 Å². The number of hydrogen-bond donors (Lipinski definition) is 1. The molecule has 0 atom stereocenters. The van der Waals surface area contributed by atoms with E-state index in [1.807, 2.05) is 0 Å². The molecule has 0 spiro atoms. The van der Waals surface area contributed by atoms with Gasteiger partial charge in [0.25, 0.3) is 0 Å². The number of halogens is 3. The number of methoxy groups -OCH3 is 1. The maximum absolute atomic E-state index is 13.2. The summed E-state index contributed by atoms with van der Waals surface area (Å²) in [5.74, 6) is -0.940. The van der Waals surface area contributed by atoms with Gasteiger partial charge in [-0.2, -0.15) is 13.2 Å². The number of alkyl halides is 3. The molecule has 8 heteroatoms. The Kier molecular flexibility index (Phi) is 5.86. The standard InChI is InChI=1S/C18H17F3N2O3/c1-12(24)23(15-9-5-3-7-13(15)18(19,20)21)11-17(25)22-14-8-4-6-10-16(14)26-2/h3-10H,11H2,1-2H3,(H,22,25). The van der Waals surface area contributed by atoms with Crippen molar-refractivity contribution in [2.45, 2.75) is 13.1 Å². The number of carbonyl (C=O) groups excluding carboxylic acids is 2. The van der Waals surface area contributed by atoms with Crippen molar-refractivity contribution in [1.82, 2.24) is 0 Å². The molecule has 2 aromatic carbocycles. The molecule has 138 valence electrons. The first-order valence-electron chi connectivity index (χ1n) is 7.61. The van der Waals surface area contributed by atoms with E-state index in [0.717, 1.165) is 24.0 Å². The van der Waals surface area contributed by atoms with Crippen LogP contribution in [0, 0.1) is 0 Å². The molecule has 0 aliphatic rings. The fourth-order valence-corrected chi connectivity index (χ4v) is 2.40. The average Bonchev–Trinajstić information content (AvgIpc) is 2.59. The van der Waals surface area contributed by atoms with Crippen molar-refractivity contribution in [3.05, 3.63) is 54.1 Å². The molecule has 0 saturated heterocycles. The van der Waals surface area contributed by atoms with Crippen LogP contribution in [0.5, 0.6) is 5.75 Å². The summed E-state index contributed by atoms with van der Waals surface area (Å²) < 4.78 is 44.7. The van der Waals surface area contributed by atoms with Gasteiger partial charge in [0.05, 0.1) is 24.0 Å². The molecule has 2 rings (SSSR count). The van der Waals surface area contributed by atoms with Crippen LogP contribution in [0.15, 0.2) is 48.5 Å². The largest absolute Gasteiger partial charge is 0.495 e. The van der Waals surface area contributed by atoms with E-state index in [1.54, 1.807) is 24.3 Å². The number of hydrogen-bond acceptors (Lipinski definition) is 3. The van der Waals surface area contributed by atoms with Gasteiger partial charge >= 0.3 is 6.18 Å². The Hall–Kier alpha value is -3.03. The normalized spacial score (nSPS) is 11.0. The Bertz CT molecular complexity index is 806. The van der Waals surface area contributed by atoms with Crippen molar-refractivity contribution < 1.29 is 27.5 Å². The molecule has 0 unspecified atom stereocenters. The lowest BCUT2D eigenvalue weighted by atomic mass is 10.1. The second kappa shape index (κ2) is 7.90. The van der Waals surface area contributed by atoms with Gasteiger partial charge in [-0.25, -0.2) is 0 Å². The first-order valence-corrected chi connectivity index (χ1v) is 7.61. The maximum atomic E-state index is 13.2. The minimum atomic E-state index is -4.65. The lowest BCUT2D eigenvalue weighted by Gasteiger charge is -2.24. The van der Waals surface area contributed by atoms with Crippen LogP contribution in [-0.2, 0) is 15.8 Å². The van der Waals surface area contributed by atoms with E-state index >= 15 is 0 Å². The molecule has 2 aromatic rings. The quantitative estimate of drug-likeness (QED) is 0.878. The zero-order valence-electron chi connectivity index (χ0n) is 14.1. The number of nitrogens with one attached hydrogen (secondary N) is 1. The monoisotopic (exact) mass is 366 g/mol. The molecule has 2 amide bonds. The van der Waals surface area contributed by atoms with Crippen LogP contribution in [0.2, 0.25) is 0 Å². The van der Waals surface area contributed by atoms with E-state index in [0.29, 0.717) is 11.4 Å². The minimum absolute atomic E-state index is 0.354. The van der Waals surface area contributed by atoms with E-state index in [9.17, 15) is 22.8 Å². The van der Waals surface area contributed by atoms with Gasteiger partial charge in [-0.05, 0) is 24.3 Å². The molecule has 0 heterocycles. The zero-order chi connectivity index (χ0) is 19.3. The third kappa shape index (κ3) is 4.53. The fourth-order valence-electron chi connectivity index (χ4n) is 2.40. The third-order valence-corrected chi connectivity index (χ3v) is 3.56. The van der Waals surface area contributed by atoms with Crippen LogP contribution >= 0.6 is 0 Å². The van der Waals surface area contributed by atoms with E-state index < -0.39 is 30.1 Å². The lowest BCUT2D eigenvalue weighted by molar-refractivity contribution is -0.137. The van der Waals surface area contributed by atoms with Crippen molar-refractivity contribution in [3.8, 4) is 5.75 Å². The molecule has 0 saturated carbocycles. The number of anilines is 2. The summed E-state index contributed by atoms with van der Waals surface area (Å²) >= 11 is 0. The molecular formula is C18H17F3N2O3. The Morgan fingerprint density at radius 2 is 1.69 bits per heavy atom. The van der Waals surface area contributed by atoms with Gasteiger partial charge < -0.3 is 15.0 Å². The van der Waals surface area contributed by atoms with Crippen molar-refractivity contribution in [2.24, 2.45) is 0 Å². The first-order chi connectivity index (χ1) is 12.2. The highest BCUT2D eigenvalue weighted by Crippen LogP contribution is 2.36. The van der Waals surface area contributed by atoms with Crippen molar-refractivity contribution >= 4 is 23.2 Å². The number of para-hydroxylation sites is 3. The van der Waals surface area contributed by atoms with Crippen LogP contribution < -0.4 is 15.0 Å². The zero-order valence-corrected chi connectivity index (χ0v) is 14.1. The van der Waals surface area contributed by atoms with E-state index in [4.69, 9.17) is 4.74 Å². The first kappa shape index (κ1) is 19.3. The molecule has 1 N–H and O–H groups in total. The van der Waals surface area contributed by atoms with Crippen molar-refractivity contribution in [3.63, 3.8) is 0 Å². The molecule has 5 nitrogen and oxygen atoms in total. The summed E-state index contributed by atoms with van der Waals surface area (Å²) in [5.41, 5.74) is -1.00. The van der Waals surface area contributed by atoms with E-state index in [-0.39, 0.29) is 5.69 Å². The van der Waals surface area contributed by atoms with Gasteiger partial charge in [0.2, 0.25) is 11.8 Å². The highest BCUT2D eigenvalue weighted by Gasteiger charge is 2.35.